The molecule has 0 aliphatic rings. The van der Waals surface area contributed by atoms with Gasteiger partial charge in [-0.05, 0) is 53.4 Å². The van der Waals surface area contributed by atoms with E-state index in [4.69, 9.17) is 11.6 Å². The first-order chi connectivity index (χ1) is 12.8. The first-order valence-electron chi connectivity index (χ1n) is 8.72. The molecule has 0 aliphatic heterocycles. The van der Waals surface area contributed by atoms with Crippen LogP contribution in [0, 0.1) is 0 Å². The summed E-state index contributed by atoms with van der Waals surface area (Å²) in [6, 6.07) is 18.6. The van der Waals surface area contributed by atoms with Crippen LogP contribution >= 0.6 is 11.6 Å². The summed E-state index contributed by atoms with van der Waals surface area (Å²) in [5.41, 5.74) is 3.43. The van der Waals surface area contributed by atoms with Crippen molar-refractivity contribution >= 4 is 34.7 Å². The maximum absolute atomic E-state index is 12.3. The molecule has 0 atom stereocenters. The molecule has 0 fully saturated rings. The number of anilines is 3. The van der Waals surface area contributed by atoms with Crippen molar-refractivity contribution < 1.29 is 4.79 Å². The van der Waals surface area contributed by atoms with E-state index in [2.05, 4.69) is 42.5 Å². The molecule has 0 saturated heterocycles. The van der Waals surface area contributed by atoms with Gasteiger partial charge in [0.05, 0.1) is 11.9 Å². The molecule has 0 unspecified atom stereocenters. The summed E-state index contributed by atoms with van der Waals surface area (Å²) in [5.74, 6) is 0.517. The Kier molecular flexibility index (Phi) is 5.47. The van der Waals surface area contributed by atoms with Gasteiger partial charge < -0.3 is 10.6 Å². The van der Waals surface area contributed by atoms with E-state index in [0.29, 0.717) is 16.3 Å². The van der Waals surface area contributed by atoms with Crippen LogP contribution in [0.4, 0.5) is 17.2 Å². The first-order valence-corrected chi connectivity index (χ1v) is 9.10. The first kappa shape index (κ1) is 18.9. The molecule has 0 bridgehead atoms. The van der Waals surface area contributed by atoms with E-state index in [9.17, 15) is 4.79 Å². The molecule has 1 amide bonds. The average Bonchev–Trinajstić information content (AvgIpc) is 2.63. The molecule has 2 aromatic carbocycles. The van der Waals surface area contributed by atoms with E-state index in [-0.39, 0.29) is 11.3 Å². The van der Waals surface area contributed by atoms with Crippen molar-refractivity contribution in [2.24, 2.45) is 0 Å². The number of hydrogen-bond acceptors (Lipinski definition) is 3. The number of carbonyl (C=O) groups excluding carboxylic acids is 1. The van der Waals surface area contributed by atoms with Crippen molar-refractivity contribution in [3.63, 3.8) is 0 Å². The van der Waals surface area contributed by atoms with Crippen LogP contribution in [0.2, 0.25) is 5.02 Å². The standard InChI is InChI=1S/C22H22ClN3O/c1-22(2,3)18-6-4-5-7-19(18)26-20-13-12-17(14-24-20)25-21(27)15-8-10-16(23)11-9-15/h4-14H,1-3H3,(H,24,26)(H,25,27). The normalized spacial score (nSPS) is 11.1. The van der Waals surface area contributed by atoms with Gasteiger partial charge >= 0.3 is 0 Å². The van der Waals surface area contributed by atoms with Crippen LogP contribution in [-0.2, 0) is 5.41 Å². The largest absolute Gasteiger partial charge is 0.340 e. The number of pyridine rings is 1. The van der Waals surface area contributed by atoms with E-state index in [1.54, 1.807) is 30.5 Å². The highest BCUT2D eigenvalue weighted by molar-refractivity contribution is 6.30. The van der Waals surface area contributed by atoms with Gasteiger partial charge in [-0.15, -0.1) is 0 Å². The molecular weight excluding hydrogens is 358 g/mol. The third-order valence-electron chi connectivity index (χ3n) is 4.13. The van der Waals surface area contributed by atoms with Crippen LogP contribution in [0.5, 0.6) is 0 Å². The van der Waals surface area contributed by atoms with Gasteiger partial charge in [-0.2, -0.15) is 0 Å². The number of nitrogens with one attached hydrogen (secondary N) is 2. The Morgan fingerprint density at radius 3 is 2.30 bits per heavy atom. The van der Waals surface area contributed by atoms with E-state index >= 15 is 0 Å². The van der Waals surface area contributed by atoms with Crippen LogP contribution in [0.1, 0.15) is 36.7 Å². The lowest BCUT2D eigenvalue weighted by atomic mass is 9.86. The number of amides is 1. The highest BCUT2D eigenvalue weighted by Gasteiger charge is 2.17. The molecule has 0 aliphatic carbocycles. The summed E-state index contributed by atoms with van der Waals surface area (Å²) in [5, 5.41) is 6.79. The summed E-state index contributed by atoms with van der Waals surface area (Å²) in [6.45, 7) is 6.53. The van der Waals surface area contributed by atoms with Crippen LogP contribution in [0.3, 0.4) is 0 Å². The molecule has 3 aromatic rings. The van der Waals surface area contributed by atoms with Gasteiger partial charge in [0.1, 0.15) is 5.82 Å². The fourth-order valence-corrected chi connectivity index (χ4v) is 2.86. The SMILES string of the molecule is CC(C)(C)c1ccccc1Nc1ccc(NC(=O)c2ccc(Cl)cc2)cn1. The van der Waals surface area contributed by atoms with Crippen LogP contribution in [0.15, 0.2) is 66.9 Å². The molecule has 1 aromatic heterocycles. The molecule has 2 N–H and O–H groups in total. The van der Waals surface area contributed by atoms with Crippen LogP contribution in [0.25, 0.3) is 0 Å². The molecule has 0 saturated carbocycles. The van der Waals surface area contributed by atoms with E-state index in [0.717, 1.165) is 11.5 Å². The van der Waals surface area contributed by atoms with Crippen LogP contribution in [-0.4, -0.2) is 10.9 Å². The van der Waals surface area contributed by atoms with Crippen molar-refractivity contribution in [3.8, 4) is 0 Å². The molecular formula is C22H22ClN3O. The molecule has 3 rings (SSSR count). The van der Waals surface area contributed by atoms with Crippen LogP contribution < -0.4 is 10.6 Å². The minimum atomic E-state index is -0.202. The second kappa shape index (κ2) is 7.80. The fourth-order valence-electron chi connectivity index (χ4n) is 2.73. The van der Waals surface area contributed by atoms with Crippen molar-refractivity contribution in [1.29, 1.82) is 0 Å². The molecule has 0 radical (unpaired) electrons. The Hall–Kier alpha value is -2.85. The Morgan fingerprint density at radius 1 is 0.963 bits per heavy atom. The van der Waals surface area contributed by atoms with Crippen molar-refractivity contribution in [2.75, 3.05) is 10.6 Å². The number of carbonyl (C=O) groups is 1. The van der Waals surface area contributed by atoms with Gasteiger partial charge in [-0.1, -0.05) is 50.6 Å². The third-order valence-corrected chi connectivity index (χ3v) is 4.38. The monoisotopic (exact) mass is 379 g/mol. The number of halogens is 1. The van der Waals surface area contributed by atoms with E-state index < -0.39 is 0 Å². The minimum Gasteiger partial charge on any atom is -0.340 e. The number of rotatable bonds is 4. The smallest absolute Gasteiger partial charge is 0.255 e. The average molecular weight is 380 g/mol. The quantitative estimate of drug-likeness (QED) is 0.582. The number of para-hydroxylation sites is 1. The number of benzene rings is 2. The maximum Gasteiger partial charge on any atom is 0.255 e. The summed E-state index contributed by atoms with van der Waals surface area (Å²) < 4.78 is 0. The zero-order valence-electron chi connectivity index (χ0n) is 15.6. The number of nitrogens with zero attached hydrogens (tertiary/aromatic N) is 1. The molecule has 1 heterocycles. The highest BCUT2D eigenvalue weighted by atomic mass is 35.5. The lowest BCUT2D eigenvalue weighted by Crippen LogP contribution is -2.14. The predicted octanol–water partition coefficient (Wildman–Crippen LogP) is 6.03. The van der Waals surface area contributed by atoms with Gasteiger partial charge in [0.15, 0.2) is 0 Å². The van der Waals surface area contributed by atoms with Gasteiger partial charge in [0, 0.05) is 16.3 Å². The number of hydrogen-bond donors (Lipinski definition) is 2. The topological polar surface area (TPSA) is 54.0 Å². The predicted molar refractivity (Wildman–Crippen MR) is 112 cm³/mol. The lowest BCUT2D eigenvalue weighted by Gasteiger charge is -2.23. The fraction of sp³-hybridized carbons (Fsp3) is 0.182. The Bertz CT molecular complexity index is 929. The highest BCUT2D eigenvalue weighted by Crippen LogP contribution is 2.31. The Labute approximate surface area is 164 Å². The molecule has 138 valence electrons. The zero-order chi connectivity index (χ0) is 19.4. The summed E-state index contributed by atoms with van der Waals surface area (Å²) in [4.78, 5) is 16.7. The van der Waals surface area contributed by atoms with E-state index in [1.807, 2.05) is 30.3 Å². The second-order valence-electron chi connectivity index (χ2n) is 7.31. The van der Waals surface area contributed by atoms with E-state index in [1.165, 1.54) is 5.56 Å². The van der Waals surface area contributed by atoms with Crippen molar-refractivity contribution in [1.82, 2.24) is 4.98 Å². The Morgan fingerprint density at radius 2 is 1.67 bits per heavy atom. The van der Waals surface area contributed by atoms with Crippen molar-refractivity contribution in [3.05, 3.63) is 83.0 Å². The lowest BCUT2D eigenvalue weighted by molar-refractivity contribution is 0.102. The third kappa shape index (κ3) is 4.86. The second-order valence-corrected chi connectivity index (χ2v) is 7.75. The summed E-state index contributed by atoms with van der Waals surface area (Å²) in [6.07, 6.45) is 1.63. The molecule has 4 nitrogen and oxygen atoms in total. The molecule has 27 heavy (non-hydrogen) atoms. The zero-order valence-corrected chi connectivity index (χ0v) is 16.3. The summed E-state index contributed by atoms with van der Waals surface area (Å²) in [7, 11) is 0. The van der Waals surface area contributed by atoms with Gasteiger partial charge in [0.25, 0.3) is 5.91 Å². The number of aromatic nitrogens is 1. The maximum atomic E-state index is 12.3. The van der Waals surface area contributed by atoms with Gasteiger partial charge in [-0.3, -0.25) is 4.79 Å². The summed E-state index contributed by atoms with van der Waals surface area (Å²) >= 11 is 5.85. The minimum absolute atomic E-state index is 0.0239. The van der Waals surface area contributed by atoms with Gasteiger partial charge in [0.2, 0.25) is 0 Å². The molecule has 0 spiro atoms. The van der Waals surface area contributed by atoms with Gasteiger partial charge in [-0.25, -0.2) is 4.98 Å². The Balaban J connectivity index is 1.71. The van der Waals surface area contributed by atoms with Crippen molar-refractivity contribution in [2.45, 2.75) is 26.2 Å². The molecule has 5 heteroatoms.